The van der Waals surface area contributed by atoms with Crippen LogP contribution in [0, 0.1) is 30.3 Å². The SMILES string of the molecule is O=C(NCc1ccc(N2CCS(=O)(=O)CC2)cc1)c1ccc([N+](=O)[O-])o1.O=C(NCc1ccc(N2CCS(=O)CC2)cc1)c1ccc([N+](=O)[O-])o1.O=C(NCc1ccc(N2CCSCC2)cc1)c1ccc([N+](=O)[O-])o1. The molecule has 0 saturated carbocycles. The van der Waals surface area contributed by atoms with Gasteiger partial charge in [-0.3, -0.25) is 48.9 Å². The Balaban J connectivity index is 0.000000164. The Labute approximate surface area is 435 Å². The van der Waals surface area contributed by atoms with Gasteiger partial charge in [0, 0.05) is 110 Å². The summed E-state index contributed by atoms with van der Waals surface area (Å²) < 4.78 is 48.9. The van der Waals surface area contributed by atoms with Crippen LogP contribution in [-0.4, -0.2) is 119 Å². The van der Waals surface area contributed by atoms with Gasteiger partial charge in [-0.05, 0) is 71.3 Å². The topological polar surface area (TPSA) is 317 Å². The van der Waals surface area contributed by atoms with Gasteiger partial charge in [0.25, 0.3) is 17.7 Å². The summed E-state index contributed by atoms with van der Waals surface area (Å²) >= 11 is 1.97. The molecule has 9 rings (SSSR count). The minimum absolute atomic E-state index is 0.0656. The van der Waals surface area contributed by atoms with Crippen LogP contribution in [0.25, 0.3) is 0 Å². The van der Waals surface area contributed by atoms with Gasteiger partial charge in [-0.15, -0.1) is 0 Å². The normalized spacial score (nSPS) is 15.3. The van der Waals surface area contributed by atoms with Gasteiger partial charge in [-0.25, -0.2) is 8.42 Å². The van der Waals surface area contributed by atoms with E-state index in [2.05, 4.69) is 37.9 Å². The Hall–Kier alpha value is -8.04. The van der Waals surface area contributed by atoms with Crippen LogP contribution in [0.4, 0.5) is 34.7 Å². The molecule has 3 aromatic heterocycles. The first kappa shape index (κ1) is 54.7. The standard InChI is InChI=1S/C16H17N3O6S.C16H17N3O5S.C16H17N3O4S/c20-16(14-5-6-15(25-14)19(21)22)17-11-12-1-3-13(4-2-12)18-7-9-26(23,24)10-8-18;20-16(14-5-6-15(24-14)19(21)22)17-11-12-1-3-13(4-2-12)18-7-9-25(23)10-8-18;20-16(14-5-6-15(23-14)19(21)22)17-11-12-1-3-13(4-2-12)18-7-9-24-10-8-18/h1-6H,7-11H2,(H,17,20);1-6H,7-11H2,(H,17,20);1-6H,7-11H2,(H,17,20). The highest BCUT2D eigenvalue weighted by Gasteiger charge is 2.23. The van der Waals surface area contributed by atoms with E-state index >= 15 is 0 Å². The van der Waals surface area contributed by atoms with Crippen LogP contribution in [0.15, 0.2) is 122 Å². The van der Waals surface area contributed by atoms with Crippen LogP contribution in [-0.2, 0) is 40.3 Å². The van der Waals surface area contributed by atoms with Gasteiger partial charge in [0.15, 0.2) is 27.1 Å². The maximum Gasteiger partial charge on any atom is 0.433 e. The number of furan rings is 3. The molecule has 3 fully saturated rings. The maximum absolute atomic E-state index is 11.9. The molecular weight excluding hydrogens is 1040 g/mol. The molecule has 27 heteroatoms. The number of anilines is 3. The Morgan fingerprint density at radius 2 is 0.800 bits per heavy atom. The largest absolute Gasteiger partial charge is 0.433 e. The number of carbonyl (C=O) groups excluding carboxylic acids is 3. The van der Waals surface area contributed by atoms with Gasteiger partial charge in [-0.1, -0.05) is 36.4 Å². The van der Waals surface area contributed by atoms with E-state index in [9.17, 15) is 57.4 Å². The Morgan fingerprint density at radius 3 is 1.11 bits per heavy atom. The molecule has 3 aliphatic heterocycles. The monoisotopic (exact) mass is 1090 g/mol. The molecule has 3 aliphatic rings. The van der Waals surface area contributed by atoms with Crippen LogP contribution in [0.3, 0.4) is 0 Å². The highest BCUT2D eigenvalue weighted by molar-refractivity contribution is 7.99. The lowest BCUT2D eigenvalue weighted by Gasteiger charge is -2.28. The van der Waals surface area contributed by atoms with E-state index < -0.39 is 70.8 Å². The molecule has 24 nitrogen and oxygen atoms in total. The summed E-state index contributed by atoms with van der Waals surface area (Å²) in [6, 6.07) is 30.5. The van der Waals surface area contributed by atoms with Crippen LogP contribution in [0.1, 0.15) is 48.4 Å². The van der Waals surface area contributed by atoms with Gasteiger partial charge in [0.05, 0.1) is 29.7 Å². The minimum atomic E-state index is -2.92. The highest BCUT2D eigenvalue weighted by Crippen LogP contribution is 2.23. The van der Waals surface area contributed by atoms with Crippen molar-refractivity contribution in [2.24, 2.45) is 0 Å². The number of carbonyl (C=O) groups is 3. The molecule has 3 aromatic carbocycles. The highest BCUT2D eigenvalue weighted by atomic mass is 32.2. The van der Waals surface area contributed by atoms with E-state index in [1.807, 2.05) is 77.3 Å². The molecule has 0 atom stereocenters. The minimum Gasteiger partial charge on any atom is -0.395 e. The van der Waals surface area contributed by atoms with Gasteiger partial charge in [-0.2, -0.15) is 11.8 Å². The second-order valence-corrected chi connectivity index (χ2v) is 22.0. The van der Waals surface area contributed by atoms with Crippen LogP contribution in [0.2, 0.25) is 0 Å². The predicted molar refractivity (Wildman–Crippen MR) is 279 cm³/mol. The van der Waals surface area contributed by atoms with Crippen molar-refractivity contribution >= 4 is 84.8 Å². The van der Waals surface area contributed by atoms with Crippen LogP contribution >= 0.6 is 11.8 Å². The van der Waals surface area contributed by atoms with Crippen LogP contribution in [0.5, 0.6) is 0 Å². The molecule has 396 valence electrons. The second kappa shape index (κ2) is 25.8. The third-order valence-corrected chi connectivity index (χ3v) is 15.6. The van der Waals surface area contributed by atoms with Crippen molar-refractivity contribution in [3.63, 3.8) is 0 Å². The maximum atomic E-state index is 11.9. The summed E-state index contributed by atoms with van der Waals surface area (Å²) in [7, 11) is -3.63. The zero-order chi connectivity index (χ0) is 53.5. The van der Waals surface area contributed by atoms with Crippen molar-refractivity contribution in [1.82, 2.24) is 16.0 Å². The number of amides is 3. The smallest absolute Gasteiger partial charge is 0.395 e. The molecule has 3 N–H and O–H groups in total. The van der Waals surface area contributed by atoms with Gasteiger partial charge in [0.1, 0.15) is 14.8 Å². The van der Waals surface area contributed by atoms with E-state index in [1.54, 1.807) is 0 Å². The molecule has 75 heavy (non-hydrogen) atoms. The Bertz CT molecular complexity index is 3080. The van der Waals surface area contributed by atoms with Gasteiger partial charge in [0.2, 0.25) is 0 Å². The molecule has 6 aromatic rings. The molecular formula is C48H51N9O15S3. The van der Waals surface area contributed by atoms with E-state index in [0.29, 0.717) is 31.1 Å². The molecule has 0 spiro atoms. The summed E-state index contributed by atoms with van der Waals surface area (Å²) in [6.07, 6.45) is 0. The first-order chi connectivity index (χ1) is 36.0. The number of rotatable bonds is 15. The summed E-state index contributed by atoms with van der Waals surface area (Å²) in [5, 5.41) is 39.7. The van der Waals surface area contributed by atoms with E-state index in [0.717, 1.165) is 77.9 Å². The summed E-state index contributed by atoms with van der Waals surface area (Å²) in [6.45, 7) is 5.46. The lowest BCUT2D eigenvalue weighted by atomic mass is 10.2. The number of thioether (sulfide) groups is 1. The van der Waals surface area contributed by atoms with Crippen molar-refractivity contribution in [3.8, 4) is 0 Å². The second-order valence-electron chi connectivity index (χ2n) is 16.8. The van der Waals surface area contributed by atoms with E-state index in [-0.39, 0.29) is 41.9 Å². The molecule has 3 amide bonds. The predicted octanol–water partition coefficient (Wildman–Crippen LogP) is 5.71. The molecule has 3 saturated heterocycles. The number of hydrogen-bond acceptors (Lipinski definition) is 19. The first-order valence-corrected chi connectivity index (χ1v) is 27.7. The number of sulfone groups is 1. The Morgan fingerprint density at radius 1 is 0.493 bits per heavy atom. The number of nitrogens with one attached hydrogen (secondary N) is 3. The van der Waals surface area contributed by atoms with Gasteiger partial charge >= 0.3 is 17.7 Å². The number of nitro groups is 3. The Kier molecular flexibility index (Phi) is 18.8. The lowest BCUT2D eigenvalue weighted by Crippen LogP contribution is -2.40. The van der Waals surface area contributed by atoms with Crippen LogP contribution < -0.4 is 30.7 Å². The average Bonchev–Trinajstić information content (AvgIpc) is 4.24. The lowest BCUT2D eigenvalue weighted by molar-refractivity contribution is -0.402. The average molecular weight is 1090 g/mol. The number of benzene rings is 3. The fourth-order valence-electron chi connectivity index (χ4n) is 7.61. The van der Waals surface area contributed by atoms with Crippen molar-refractivity contribution in [2.75, 3.05) is 88.5 Å². The van der Waals surface area contributed by atoms with Crippen molar-refractivity contribution in [3.05, 3.63) is 174 Å². The molecule has 0 aliphatic carbocycles. The molecule has 6 heterocycles. The molecule has 0 unspecified atom stereocenters. The van der Waals surface area contributed by atoms with Crippen molar-refractivity contribution in [2.45, 2.75) is 19.6 Å². The quantitative estimate of drug-likeness (QED) is 0.0819. The third kappa shape index (κ3) is 16.0. The molecule has 0 bridgehead atoms. The van der Waals surface area contributed by atoms with Crippen molar-refractivity contribution < 1.29 is 55.0 Å². The number of hydrogen-bond donors (Lipinski definition) is 3. The zero-order valence-electron chi connectivity index (χ0n) is 40.0. The summed E-state index contributed by atoms with van der Waals surface area (Å²) in [4.78, 5) is 71.9. The van der Waals surface area contributed by atoms with E-state index in [1.165, 1.54) is 30.0 Å². The zero-order valence-corrected chi connectivity index (χ0v) is 42.5. The number of nitrogens with zero attached hydrogens (tertiary/aromatic N) is 6. The fraction of sp³-hybridized carbons (Fsp3) is 0.312. The molecule has 0 radical (unpaired) electrons. The first-order valence-electron chi connectivity index (χ1n) is 23.2. The van der Waals surface area contributed by atoms with E-state index in [4.69, 9.17) is 13.3 Å². The summed E-state index contributed by atoms with van der Waals surface area (Å²) in [5.41, 5.74) is 5.88. The third-order valence-electron chi connectivity index (χ3n) is 11.8. The summed E-state index contributed by atoms with van der Waals surface area (Å²) in [5.74, 6) is 0.792. The fourth-order valence-corrected chi connectivity index (χ4v) is 10.8. The van der Waals surface area contributed by atoms with Gasteiger partial charge < -0.3 is 43.9 Å². The van der Waals surface area contributed by atoms with Crippen molar-refractivity contribution in [1.29, 1.82) is 0 Å².